The number of hydrogen-bond donors (Lipinski definition) is 3. The van der Waals surface area contributed by atoms with Crippen LogP contribution in [-0.2, 0) is 20.8 Å². The van der Waals surface area contributed by atoms with Crippen LogP contribution in [0.2, 0.25) is 5.02 Å². The lowest BCUT2D eigenvalue weighted by molar-refractivity contribution is -0.149. The lowest BCUT2D eigenvalue weighted by Crippen LogP contribution is -2.52. The Morgan fingerprint density at radius 1 is 1.33 bits per heavy atom. The third-order valence-electron chi connectivity index (χ3n) is 4.66. The summed E-state index contributed by atoms with van der Waals surface area (Å²) in [5.74, 6) is -2.02. The van der Waals surface area contributed by atoms with Crippen molar-refractivity contribution >= 4 is 40.8 Å². The molecule has 0 radical (unpaired) electrons. The van der Waals surface area contributed by atoms with Gasteiger partial charge in [0.2, 0.25) is 11.5 Å². The summed E-state index contributed by atoms with van der Waals surface area (Å²) >= 11 is 5.80. The van der Waals surface area contributed by atoms with E-state index in [2.05, 4.69) is 15.6 Å². The van der Waals surface area contributed by atoms with Crippen LogP contribution < -0.4 is 15.5 Å². The molecule has 1 saturated heterocycles. The van der Waals surface area contributed by atoms with Crippen LogP contribution in [0.25, 0.3) is 0 Å². The highest BCUT2D eigenvalue weighted by Crippen LogP contribution is 2.28. The van der Waals surface area contributed by atoms with E-state index < -0.39 is 23.2 Å². The second kappa shape index (κ2) is 8.76. The molecule has 30 heavy (non-hydrogen) atoms. The van der Waals surface area contributed by atoms with Crippen molar-refractivity contribution < 1.29 is 23.9 Å². The molecule has 1 atom stereocenters. The molecule has 8 nitrogen and oxygen atoms in total. The van der Waals surface area contributed by atoms with Crippen molar-refractivity contribution in [3.05, 3.63) is 52.9 Å². The van der Waals surface area contributed by atoms with E-state index in [9.17, 15) is 23.9 Å². The highest BCUT2D eigenvalue weighted by molar-refractivity contribution is 6.30. The standard InChI is InChI=1S/C20H20ClFN4O4/c1-12(27)25-17-3-2-16(11-24-17)26-7-5-20(30,19(26)29)18(28)23-6-4-13-8-14(21)10-15(22)9-13/h2-3,8-11,30H,4-7H2,1H3,(H,23,28)(H,24,25,27)/t20-/m1/s1. The Labute approximate surface area is 177 Å². The zero-order valence-electron chi connectivity index (χ0n) is 16.1. The maximum atomic E-state index is 13.4. The first-order valence-corrected chi connectivity index (χ1v) is 9.58. The monoisotopic (exact) mass is 434 g/mol. The van der Waals surface area contributed by atoms with Gasteiger partial charge in [0.05, 0.1) is 11.9 Å². The van der Waals surface area contributed by atoms with Gasteiger partial charge >= 0.3 is 0 Å². The van der Waals surface area contributed by atoms with Crippen molar-refractivity contribution in [2.75, 3.05) is 23.3 Å². The third-order valence-corrected chi connectivity index (χ3v) is 4.88. The smallest absolute Gasteiger partial charge is 0.268 e. The number of anilines is 2. The fourth-order valence-corrected chi connectivity index (χ4v) is 3.43. The van der Waals surface area contributed by atoms with E-state index in [0.717, 1.165) is 0 Å². The minimum Gasteiger partial charge on any atom is -0.372 e. The maximum absolute atomic E-state index is 13.4. The average molecular weight is 435 g/mol. The topological polar surface area (TPSA) is 112 Å². The first kappa shape index (κ1) is 21.7. The van der Waals surface area contributed by atoms with Gasteiger partial charge < -0.3 is 20.6 Å². The molecule has 0 aliphatic carbocycles. The van der Waals surface area contributed by atoms with E-state index in [1.165, 1.54) is 36.2 Å². The molecule has 1 aromatic heterocycles. The number of aliphatic hydroxyl groups is 1. The number of hydrogen-bond acceptors (Lipinski definition) is 5. The van der Waals surface area contributed by atoms with E-state index in [4.69, 9.17) is 11.6 Å². The van der Waals surface area contributed by atoms with Gasteiger partial charge in [0.1, 0.15) is 11.6 Å². The highest BCUT2D eigenvalue weighted by atomic mass is 35.5. The molecule has 3 amide bonds. The van der Waals surface area contributed by atoms with E-state index in [1.807, 2.05) is 0 Å². The minimum absolute atomic E-state index is 0.0864. The van der Waals surface area contributed by atoms with Crippen LogP contribution in [0.5, 0.6) is 0 Å². The van der Waals surface area contributed by atoms with Crippen LogP contribution in [0.3, 0.4) is 0 Å². The maximum Gasteiger partial charge on any atom is 0.268 e. The zero-order chi connectivity index (χ0) is 21.9. The normalized spacial score (nSPS) is 18.4. The summed E-state index contributed by atoms with van der Waals surface area (Å²) in [5, 5.41) is 15.9. The molecule has 1 aliphatic rings. The van der Waals surface area contributed by atoms with Crippen molar-refractivity contribution in [3.8, 4) is 0 Å². The van der Waals surface area contributed by atoms with Crippen LogP contribution in [0.15, 0.2) is 36.5 Å². The Morgan fingerprint density at radius 2 is 2.10 bits per heavy atom. The number of benzene rings is 1. The lowest BCUT2D eigenvalue weighted by Gasteiger charge is -2.21. The molecular formula is C20H20ClFN4O4. The van der Waals surface area contributed by atoms with Gasteiger partial charge in [-0.25, -0.2) is 9.37 Å². The first-order valence-electron chi connectivity index (χ1n) is 9.20. The molecule has 0 saturated carbocycles. The van der Waals surface area contributed by atoms with Crippen molar-refractivity contribution in [2.45, 2.75) is 25.4 Å². The predicted molar refractivity (Wildman–Crippen MR) is 109 cm³/mol. The van der Waals surface area contributed by atoms with Gasteiger partial charge in [-0.1, -0.05) is 11.6 Å². The summed E-state index contributed by atoms with van der Waals surface area (Å²) < 4.78 is 13.4. The second-order valence-corrected chi connectivity index (χ2v) is 7.37. The number of nitrogens with one attached hydrogen (secondary N) is 2. The Morgan fingerprint density at radius 3 is 2.73 bits per heavy atom. The largest absolute Gasteiger partial charge is 0.372 e. The summed E-state index contributed by atoms with van der Waals surface area (Å²) in [4.78, 5) is 41.5. The van der Waals surface area contributed by atoms with Gasteiger partial charge in [0.25, 0.3) is 11.8 Å². The second-order valence-electron chi connectivity index (χ2n) is 6.93. The van der Waals surface area contributed by atoms with Gasteiger partial charge in [-0.2, -0.15) is 0 Å². The summed E-state index contributed by atoms with van der Waals surface area (Å²) in [7, 11) is 0. The molecule has 1 fully saturated rings. The molecule has 10 heteroatoms. The average Bonchev–Trinajstić information content (AvgIpc) is 2.97. The third kappa shape index (κ3) is 4.74. The number of carbonyl (C=O) groups is 3. The Bertz CT molecular complexity index is 965. The molecule has 3 rings (SSSR count). The van der Waals surface area contributed by atoms with Crippen molar-refractivity contribution in [2.24, 2.45) is 0 Å². The van der Waals surface area contributed by atoms with E-state index in [0.29, 0.717) is 17.1 Å². The molecule has 1 aliphatic heterocycles. The first-order chi connectivity index (χ1) is 14.2. The Balaban J connectivity index is 1.61. The number of aromatic nitrogens is 1. The minimum atomic E-state index is -2.20. The quantitative estimate of drug-likeness (QED) is 0.599. The van der Waals surface area contributed by atoms with Crippen LogP contribution in [0.4, 0.5) is 15.9 Å². The summed E-state index contributed by atoms with van der Waals surface area (Å²) in [6, 6.07) is 7.13. The van der Waals surface area contributed by atoms with Crippen LogP contribution >= 0.6 is 11.6 Å². The molecule has 0 bridgehead atoms. The molecule has 158 valence electrons. The van der Waals surface area contributed by atoms with Crippen LogP contribution in [-0.4, -0.2) is 46.5 Å². The van der Waals surface area contributed by atoms with Gasteiger partial charge in [-0.3, -0.25) is 14.4 Å². The van der Waals surface area contributed by atoms with Gasteiger partial charge in [-0.05, 0) is 42.3 Å². The Hall–Kier alpha value is -3.04. The van der Waals surface area contributed by atoms with E-state index in [1.54, 1.807) is 12.1 Å². The number of carbonyl (C=O) groups excluding carboxylic acids is 3. The molecule has 2 aromatic rings. The molecular weight excluding hydrogens is 415 g/mol. The fourth-order valence-electron chi connectivity index (χ4n) is 3.18. The Kier molecular flexibility index (Phi) is 6.33. The number of rotatable bonds is 6. The lowest BCUT2D eigenvalue weighted by atomic mass is 10.0. The van der Waals surface area contributed by atoms with Gasteiger partial charge in [-0.15, -0.1) is 0 Å². The molecule has 3 N–H and O–H groups in total. The molecule has 0 unspecified atom stereocenters. The van der Waals surface area contributed by atoms with Crippen LogP contribution in [0.1, 0.15) is 18.9 Å². The number of pyridine rings is 1. The van der Waals surface area contributed by atoms with Gasteiger partial charge in [0.15, 0.2) is 0 Å². The summed E-state index contributed by atoms with van der Waals surface area (Å²) in [5.41, 5.74) is -1.22. The predicted octanol–water partition coefficient (Wildman–Crippen LogP) is 1.66. The highest BCUT2D eigenvalue weighted by Gasteiger charge is 2.51. The van der Waals surface area contributed by atoms with Gasteiger partial charge in [0, 0.05) is 31.5 Å². The number of halogens is 2. The number of nitrogens with zero attached hydrogens (tertiary/aromatic N) is 2. The van der Waals surface area contributed by atoms with Crippen LogP contribution in [0, 0.1) is 5.82 Å². The summed E-state index contributed by atoms with van der Waals surface area (Å²) in [6.07, 6.45) is 1.57. The van der Waals surface area contributed by atoms with E-state index in [-0.39, 0.29) is 36.9 Å². The number of amides is 3. The molecule has 0 spiro atoms. The van der Waals surface area contributed by atoms with Crippen molar-refractivity contribution in [1.82, 2.24) is 10.3 Å². The van der Waals surface area contributed by atoms with Crippen molar-refractivity contribution in [3.63, 3.8) is 0 Å². The summed E-state index contributed by atoms with van der Waals surface area (Å²) in [6.45, 7) is 1.58. The van der Waals surface area contributed by atoms with E-state index >= 15 is 0 Å². The zero-order valence-corrected chi connectivity index (χ0v) is 16.9. The van der Waals surface area contributed by atoms with Crippen molar-refractivity contribution in [1.29, 1.82) is 0 Å². The molecule has 2 heterocycles. The fraction of sp³-hybridized carbons (Fsp3) is 0.300. The SMILES string of the molecule is CC(=O)Nc1ccc(N2CC[C@@](O)(C(=O)NCCc3cc(F)cc(Cl)c3)C2=O)cn1. The molecule has 1 aromatic carbocycles.